The molecule has 0 aliphatic heterocycles. The summed E-state index contributed by atoms with van der Waals surface area (Å²) >= 11 is 7.60. The molecular weight excluding hydrogens is 1080 g/mol. The molecule has 0 aliphatic rings. The molecule has 0 atom stereocenters. The summed E-state index contributed by atoms with van der Waals surface area (Å²) in [6.07, 6.45) is 14.0. The number of benzene rings is 9. The Kier molecular flexibility index (Phi) is 18.1. The standard InChI is InChI=1S/C72H70Br2N4/c1-5-9-13-51-17-37-61(38-18-51)77(62-39-19-52(20-40-62)14-10-6-2)65-45-33-57(34-46-65)55-25-29-59(30-26-55)69-70(76-72-68(74)50-49-67(73)71(72)75-69)60-31-27-56(28-32-60)58-35-47-66(48-36-58)78(63-41-21-53(22-42-63)15-11-7-3)64-43-23-54(24-44-64)16-12-8-4/h17-50H,5-16H2,1-4H3. The third kappa shape index (κ3) is 12.7. The zero-order chi connectivity index (χ0) is 53.8. The first-order valence-electron chi connectivity index (χ1n) is 28.3. The maximum Gasteiger partial charge on any atom is 0.105 e. The van der Waals surface area contributed by atoms with Gasteiger partial charge in [0.15, 0.2) is 0 Å². The summed E-state index contributed by atoms with van der Waals surface area (Å²) in [7, 11) is 0. The van der Waals surface area contributed by atoms with Gasteiger partial charge in [0.25, 0.3) is 0 Å². The van der Waals surface area contributed by atoms with Crippen molar-refractivity contribution in [1.29, 1.82) is 0 Å². The highest BCUT2D eigenvalue weighted by Crippen LogP contribution is 2.41. The SMILES string of the molecule is CCCCc1ccc(N(c2ccc(CCCC)cc2)c2ccc(-c3ccc(-c4nc5c(Br)ccc(Br)c5nc4-c4ccc(-c5ccc(N(c6ccc(CCCC)cc6)c6ccc(CCCC)cc6)cc5)cc4)cc3)cc2)cc1. The lowest BCUT2D eigenvalue weighted by Gasteiger charge is -2.26. The summed E-state index contributed by atoms with van der Waals surface area (Å²) in [5.41, 5.74) is 22.2. The van der Waals surface area contributed by atoms with Crippen molar-refractivity contribution in [3.8, 4) is 44.8 Å². The summed E-state index contributed by atoms with van der Waals surface area (Å²) in [6.45, 7) is 9.02. The largest absolute Gasteiger partial charge is 0.311 e. The van der Waals surface area contributed by atoms with Crippen molar-refractivity contribution in [2.24, 2.45) is 0 Å². The van der Waals surface area contributed by atoms with E-state index in [4.69, 9.17) is 9.97 Å². The van der Waals surface area contributed by atoms with Gasteiger partial charge in [0.05, 0.1) is 11.4 Å². The highest BCUT2D eigenvalue weighted by atomic mass is 79.9. The fourth-order valence-electron chi connectivity index (χ4n) is 10.4. The first-order valence-corrected chi connectivity index (χ1v) is 29.9. The normalized spacial score (nSPS) is 11.3. The molecule has 0 spiro atoms. The van der Waals surface area contributed by atoms with Crippen LogP contribution < -0.4 is 9.80 Å². The molecule has 0 unspecified atom stereocenters. The maximum atomic E-state index is 5.36. The van der Waals surface area contributed by atoms with Gasteiger partial charge >= 0.3 is 0 Å². The first-order chi connectivity index (χ1) is 38.3. The predicted octanol–water partition coefficient (Wildman–Crippen LogP) is 22.1. The van der Waals surface area contributed by atoms with Crippen LogP contribution in [-0.4, -0.2) is 9.97 Å². The first kappa shape index (κ1) is 54.2. The molecule has 0 saturated carbocycles. The highest BCUT2D eigenvalue weighted by Gasteiger charge is 2.19. The van der Waals surface area contributed by atoms with E-state index in [-0.39, 0.29) is 0 Å². The molecule has 6 heteroatoms. The van der Waals surface area contributed by atoms with Crippen molar-refractivity contribution in [3.63, 3.8) is 0 Å². The van der Waals surface area contributed by atoms with Gasteiger partial charge in [0.2, 0.25) is 0 Å². The van der Waals surface area contributed by atoms with E-state index in [1.165, 1.54) is 73.6 Å². The van der Waals surface area contributed by atoms with Gasteiger partial charge in [-0.15, -0.1) is 0 Å². The zero-order valence-electron chi connectivity index (χ0n) is 45.7. The van der Waals surface area contributed by atoms with Gasteiger partial charge in [0, 0.05) is 54.2 Å². The van der Waals surface area contributed by atoms with E-state index in [1.54, 1.807) is 0 Å². The van der Waals surface area contributed by atoms with Gasteiger partial charge in [0.1, 0.15) is 11.0 Å². The van der Waals surface area contributed by atoms with Crippen molar-refractivity contribution >= 4 is 77.0 Å². The van der Waals surface area contributed by atoms with Crippen molar-refractivity contribution in [2.45, 2.75) is 105 Å². The number of aromatic nitrogens is 2. The molecule has 78 heavy (non-hydrogen) atoms. The van der Waals surface area contributed by atoms with Gasteiger partial charge in [-0.25, -0.2) is 9.97 Å². The van der Waals surface area contributed by atoms with Gasteiger partial charge in [-0.1, -0.05) is 175 Å². The Morgan fingerprint density at radius 2 is 0.474 bits per heavy atom. The van der Waals surface area contributed by atoms with Crippen molar-refractivity contribution in [2.75, 3.05) is 9.80 Å². The van der Waals surface area contributed by atoms with Gasteiger partial charge in [-0.2, -0.15) is 0 Å². The Morgan fingerprint density at radius 1 is 0.269 bits per heavy atom. The number of nitrogens with zero attached hydrogens (tertiary/aromatic N) is 4. The molecule has 0 saturated heterocycles. The van der Waals surface area contributed by atoms with Crippen LogP contribution >= 0.6 is 31.9 Å². The van der Waals surface area contributed by atoms with E-state index >= 15 is 0 Å². The van der Waals surface area contributed by atoms with Gasteiger partial charge in [-0.05, 0) is 213 Å². The number of rotatable bonds is 22. The van der Waals surface area contributed by atoms with E-state index in [0.717, 1.165) is 125 Å². The third-order valence-electron chi connectivity index (χ3n) is 15.0. The monoisotopic (exact) mass is 1150 g/mol. The van der Waals surface area contributed by atoms with E-state index in [1.807, 2.05) is 12.1 Å². The van der Waals surface area contributed by atoms with Crippen LogP contribution in [0.2, 0.25) is 0 Å². The van der Waals surface area contributed by atoms with Crippen LogP contribution in [0.1, 0.15) is 101 Å². The molecule has 392 valence electrons. The molecule has 1 heterocycles. The lowest BCUT2D eigenvalue weighted by molar-refractivity contribution is 0.795. The second-order valence-electron chi connectivity index (χ2n) is 20.6. The van der Waals surface area contributed by atoms with Crippen LogP contribution in [0.25, 0.3) is 55.8 Å². The second kappa shape index (κ2) is 26.0. The fourth-order valence-corrected chi connectivity index (χ4v) is 11.2. The molecule has 10 rings (SSSR count). The summed E-state index contributed by atoms with van der Waals surface area (Å²) in [5.74, 6) is 0. The Morgan fingerprint density at radius 3 is 0.705 bits per heavy atom. The Bertz CT molecular complexity index is 3180. The molecule has 0 amide bonds. The number of anilines is 6. The Hall–Kier alpha value is -7.12. The molecule has 0 fully saturated rings. The second-order valence-corrected chi connectivity index (χ2v) is 22.4. The quantitative estimate of drug-likeness (QED) is 0.0677. The Labute approximate surface area is 480 Å². The number of halogens is 2. The number of hydrogen-bond acceptors (Lipinski definition) is 4. The van der Waals surface area contributed by atoms with E-state index in [9.17, 15) is 0 Å². The predicted molar refractivity (Wildman–Crippen MR) is 340 cm³/mol. The van der Waals surface area contributed by atoms with Crippen LogP contribution in [0, 0.1) is 0 Å². The minimum atomic E-state index is 0.809. The smallest absolute Gasteiger partial charge is 0.105 e. The number of fused-ring (bicyclic) bond motifs is 1. The van der Waals surface area contributed by atoms with E-state index < -0.39 is 0 Å². The van der Waals surface area contributed by atoms with Crippen molar-refractivity contribution < 1.29 is 0 Å². The summed E-state index contributed by atoms with van der Waals surface area (Å²) < 4.78 is 1.80. The van der Waals surface area contributed by atoms with Crippen LogP contribution in [-0.2, 0) is 25.7 Å². The average molecular weight is 1150 g/mol. The van der Waals surface area contributed by atoms with Crippen LogP contribution in [0.15, 0.2) is 215 Å². The highest BCUT2D eigenvalue weighted by molar-refractivity contribution is 9.11. The van der Waals surface area contributed by atoms with Gasteiger partial charge in [-0.3, -0.25) is 0 Å². The summed E-state index contributed by atoms with van der Waals surface area (Å²) in [6, 6.07) is 76.0. The molecule has 10 aromatic rings. The number of unbranched alkanes of at least 4 members (excludes halogenated alkanes) is 4. The topological polar surface area (TPSA) is 32.3 Å². The number of aryl methyl sites for hydroxylation is 4. The Balaban J connectivity index is 0.925. The number of hydrogen-bond donors (Lipinski definition) is 0. The van der Waals surface area contributed by atoms with E-state index in [0.29, 0.717) is 0 Å². The van der Waals surface area contributed by atoms with Crippen molar-refractivity contribution in [3.05, 3.63) is 237 Å². The summed E-state index contributed by atoms with van der Waals surface area (Å²) in [4.78, 5) is 15.5. The minimum absolute atomic E-state index is 0.809. The summed E-state index contributed by atoms with van der Waals surface area (Å²) in [5, 5.41) is 0. The molecule has 0 N–H and O–H groups in total. The average Bonchev–Trinajstić information content (AvgIpc) is 3.60. The van der Waals surface area contributed by atoms with Gasteiger partial charge < -0.3 is 9.80 Å². The fraction of sp³-hybridized carbons (Fsp3) is 0.222. The third-order valence-corrected chi connectivity index (χ3v) is 16.3. The van der Waals surface area contributed by atoms with Crippen LogP contribution in [0.4, 0.5) is 34.1 Å². The van der Waals surface area contributed by atoms with E-state index in [2.05, 4.69) is 263 Å². The zero-order valence-corrected chi connectivity index (χ0v) is 48.8. The lowest BCUT2D eigenvalue weighted by atomic mass is 9.98. The molecule has 0 radical (unpaired) electrons. The van der Waals surface area contributed by atoms with Crippen LogP contribution in [0.3, 0.4) is 0 Å². The van der Waals surface area contributed by atoms with Crippen molar-refractivity contribution in [1.82, 2.24) is 9.97 Å². The molecule has 4 nitrogen and oxygen atoms in total. The molecule has 0 aliphatic carbocycles. The molecule has 1 aromatic heterocycles. The maximum absolute atomic E-state index is 5.36. The molecular formula is C72H70Br2N4. The minimum Gasteiger partial charge on any atom is -0.311 e. The van der Waals surface area contributed by atoms with Crippen LogP contribution in [0.5, 0.6) is 0 Å². The lowest BCUT2D eigenvalue weighted by Crippen LogP contribution is -2.10. The molecule has 0 bridgehead atoms. The molecule has 9 aromatic carbocycles.